The van der Waals surface area contributed by atoms with Gasteiger partial charge in [-0.05, 0) is 47.0 Å². The number of amides is 1. The number of hydrogen-bond acceptors (Lipinski definition) is 4. The minimum Gasteiger partial charge on any atom is -0.548 e. The topological polar surface area (TPSA) is 69.7 Å². The Morgan fingerprint density at radius 2 is 1.88 bits per heavy atom. The first-order valence-corrected chi connectivity index (χ1v) is 5.94. The van der Waals surface area contributed by atoms with Gasteiger partial charge in [-0.1, -0.05) is 0 Å². The van der Waals surface area contributed by atoms with Gasteiger partial charge < -0.3 is 14.6 Å². The molecule has 0 radical (unpaired) electrons. The number of carboxylic acid groups (broad SMARTS) is 1. The molecule has 2 unspecified atom stereocenters. The van der Waals surface area contributed by atoms with Crippen LogP contribution in [0.1, 0.15) is 47.0 Å². The Bertz CT molecular complexity index is 308. The van der Waals surface area contributed by atoms with Gasteiger partial charge in [0.15, 0.2) is 0 Å². The Labute approximate surface area is 102 Å². The largest absolute Gasteiger partial charge is 0.548 e. The van der Waals surface area contributed by atoms with Crippen molar-refractivity contribution in [2.24, 2.45) is 0 Å². The zero-order valence-corrected chi connectivity index (χ0v) is 10.9. The summed E-state index contributed by atoms with van der Waals surface area (Å²) >= 11 is 0. The van der Waals surface area contributed by atoms with Crippen LogP contribution in [0, 0.1) is 0 Å². The standard InChI is InChI=1S/C12H21NO4/c1-8-6-5-7-9(10(14)15)13(8)11(16)17-12(2,3)4/h8-9H,5-7H2,1-4H3,(H,14,15)/p-1. The summed E-state index contributed by atoms with van der Waals surface area (Å²) in [6, 6.07) is -0.991. The fourth-order valence-electron chi connectivity index (χ4n) is 2.05. The van der Waals surface area contributed by atoms with Crippen LogP contribution in [-0.2, 0) is 9.53 Å². The molecule has 98 valence electrons. The molecule has 1 aliphatic rings. The van der Waals surface area contributed by atoms with Gasteiger partial charge in [-0.15, -0.1) is 0 Å². The maximum absolute atomic E-state index is 12.0. The lowest BCUT2D eigenvalue weighted by atomic mass is 9.97. The third-order valence-corrected chi connectivity index (χ3v) is 2.79. The van der Waals surface area contributed by atoms with Crippen molar-refractivity contribution in [2.45, 2.75) is 64.6 Å². The summed E-state index contributed by atoms with van der Waals surface area (Å²) in [4.78, 5) is 24.3. The van der Waals surface area contributed by atoms with Crippen LogP contribution >= 0.6 is 0 Å². The van der Waals surface area contributed by atoms with E-state index in [4.69, 9.17) is 4.74 Å². The second-order valence-corrected chi connectivity index (χ2v) is 5.50. The van der Waals surface area contributed by atoms with Gasteiger partial charge in [0.1, 0.15) is 5.60 Å². The summed E-state index contributed by atoms with van der Waals surface area (Å²) in [5.74, 6) is -1.21. The molecule has 0 aliphatic carbocycles. The number of piperidine rings is 1. The number of carboxylic acids is 1. The fourth-order valence-corrected chi connectivity index (χ4v) is 2.05. The Morgan fingerprint density at radius 1 is 1.29 bits per heavy atom. The molecule has 0 aromatic carbocycles. The van der Waals surface area contributed by atoms with E-state index in [2.05, 4.69) is 0 Å². The monoisotopic (exact) mass is 242 g/mol. The third-order valence-electron chi connectivity index (χ3n) is 2.79. The molecule has 1 rings (SSSR count). The van der Waals surface area contributed by atoms with Crippen LogP contribution < -0.4 is 5.11 Å². The molecule has 0 spiro atoms. The Kier molecular flexibility index (Phi) is 4.01. The van der Waals surface area contributed by atoms with E-state index in [0.717, 1.165) is 12.8 Å². The van der Waals surface area contributed by atoms with Crippen LogP contribution in [0.4, 0.5) is 4.79 Å². The SMILES string of the molecule is CC1CCCC(C(=O)[O-])N1C(=O)OC(C)(C)C. The molecule has 1 saturated heterocycles. The molecular weight excluding hydrogens is 222 g/mol. The smallest absolute Gasteiger partial charge is 0.411 e. The first-order valence-electron chi connectivity index (χ1n) is 5.94. The van der Waals surface area contributed by atoms with Crippen molar-refractivity contribution in [1.29, 1.82) is 0 Å². The first kappa shape index (κ1) is 13.8. The van der Waals surface area contributed by atoms with Crippen molar-refractivity contribution in [2.75, 3.05) is 0 Å². The highest BCUT2D eigenvalue weighted by molar-refractivity contribution is 5.79. The number of carbonyl (C=O) groups excluding carboxylic acids is 2. The van der Waals surface area contributed by atoms with Crippen LogP contribution in [0.3, 0.4) is 0 Å². The summed E-state index contributed by atoms with van der Waals surface area (Å²) in [7, 11) is 0. The summed E-state index contributed by atoms with van der Waals surface area (Å²) in [6.45, 7) is 7.10. The molecule has 0 bridgehead atoms. The van der Waals surface area contributed by atoms with Crippen LogP contribution in [0.2, 0.25) is 0 Å². The van der Waals surface area contributed by atoms with E-state index in [-0.39, 0.29) is 6.04 Å². The molecule has 2 atom stereocenters. The Hall–Kier alpha value is -1.26. The lowest BCUT2D eigenvalue weighted by Crippen LogP contribution is -2.57. The minimum absolute atomic E-state index is 0.124. The van der Waals surface area contributed by atoms with Crippen molar-refractivity contribution >= 4 is 12.1 Å². The van der Waals surface area contributed by atoms with E-state index in [1.54, 1.807) is 20.8 Å². The van der Waals surface area contributed by atoms with Gasteiger partial charge in [0.05, 0.1) is 12.0 Å². The van der Waals surface area contributed by atoms with E-state index in [9.17, 15) is 14.7 Å². The summed E-state index contributed by atoms with van der Waals surface area (Å²) in [6.07, 6.45) is 1.45. The number of aliphatic carboxylic acids is 1. The van der Waals surface area contributed by atoms with Crippen molar-refractivity contribution in [3.63, 3.8) is 0 Å². The highest BCUT2D eigenvalue weighted by atomic mass is 16.6. The summed E-state index contributed by atoms with van der Waals surface area (Å²) < 4.78 is 5.22. The van der Waals surface area contributed by atoms with Gasteiger partial charge >= 0.3 is 6.09 Å². The van der Waals surface area contributed by atoms with E-state index < -0.39 is 23.7 Å². The normalized spacial score (nSPS) is 25.5. The lowest BCUT2D eigenvalue weighted by molar-refractivity contribution is -0.312. The molecule has 0 N–H and O–H groups in total. The molecule has 1 amide bonds. The highest BCUT2D eigenvalue weighted by Crippen LogP contribution is 2.24. The molecule has 0 saturated carbocycles. The van der Waals surface area contributed by atoms with Crippen LogP contribution in [-0.4, -0.2) is 34.6 Å². The van der Waals surface area contributed by atoms with Gasteiger partial charge in [-0.3, -0.25) is 4.90 Å². The van der Waals surface area contributed by atoms with Gasteiger partial charge in [-0.25, -0.2) is 4.79 Å². The van der Waals surface area contributed by atoms with E-state index in [0.29, 0.717) is 6.42 Å². The van der Waals surface area contributed by atoms with Crippen LogP contribution in [0.5, 0.6) is 0 Å². The third kappa shape index (κ3) is 3.61. The number of carbonyl (C=O) groups is 2. The first-order chi connectivity index (χ1) is 7.72. The van der Waals surface area contributed by atoms with Crippen molar-refractivity contribution < 1.29 is 19.4 Å². The molecule has 0 aromatic rings. The number of ether oxygens (including phenoxy) is 1. The second-order valence-electron chi connectivity index (χ2n) is 5.50. The van der Waals surface area contributed by atoms with Crippen molar-refractivity contribution in [3.05, 3.63) is 0 Å². The van der Waals surface area contributed by atoms with Crippen LogP contribution in [0.25, 0.3) is 0 Å². The average Bonchev–Trinajstić information content (AvgIpc) is 2.13. The van der Waals surface area contributed by atoms with E-state index >= 15 is 0 Å². The molecule has 5 nitrogen and oxygen atoms in total. The van der Waals surface area contributed by atoms with Gasteiger partial charge in [-0.2, -0.15) is 0 Å². The molecular formula is C12H20NO4-. The second kappa shape index (κ2) is 4.94. The Balaban J connectivity index is 2.82. The number of likely N-dealkylation sites (tertiary alicyclic amines) is 1. The molecule has 1 aliphatic heterocycles. The summed E-state index contributed by atoms with van der Waals surface area (Å²) in [5.41, 5.74) is -0.620. The molecule has 17 heavy (non-hydrogen) atoms. The number of rotatable bonds is 1. The summed E-state index contributed by atoms with van der Waals surface area (Å²) in [5, 5.41) is 11.0. The minimum atomic E-state index is -1.21. The molecule has 1 heterocycles. The maximum Gasteiger partial charge on any atom is 0.411 e. The van der Waals surface area contributed by atoms with E-state index in [1.165, 1.54) is 4.90 Å². The maximum atomic E-state index is 12.0. The number of nitrogens with zero attached hydrogens (tertiary/aromatic N) is 1. The highest BCUT2D eigenvalue weighted by Gasteiger charge is 2.35. The average molecular weight is 242 g/mol. The van der Waals surface area contributed by atoms with Crippen molar-refractivity contribution in [3.8, 4) is 0 Å². The van der Waals surface area contributed by atoms with Crippen LogP contribution in [0.15, 0.2) is 0 Å². The van der Waals surface area contributed by atoms with Gasteiger partial charge in [0.2, 0.25) is 0 Å². The zero-order chi connectivity index (χ0) is 13.2. The van der Waals surface area contributed by atoms with Gasteiger partial charge in [0, 0.05) is 6.04 Å². The van der Waals surface area contributed by atoms with E-state index in [1.807, 2.05) is 6.92 Å². The van der Waals surface area contributed by atoms with Gasteiger partial charge in [0.25, 0.3) is 0 Å². The fraction of sp³-hybridized carbons (Fsp3) is 0.833. The molecule has 1 fully saturated rings. The predicted molar refractivity (Wildman–Crippen MR) is 60.2 cm³/mol. The molecule has 0 aromatic heterocycles. The molecule has 5 heteroatoms. The number of hydrogen-bond donors (Lipinski definition) is 0. The predicted octanol–water partition coefficient (Wildman–Crippen LogP) is 0.914. The quantitative estimate of drug-likeness (QED) is 0.685. The lowest BCUT2D eigenvalue weighted by Gasteiger charge is -2.41. The Morgan fingerprint density at radius 3 is 2.35 bits per heavy atom. The zero-order valence-electron chi connectivity index (χ0n) is 10.9. The van der Waals surface area contributed by atoms with Crippen molar-refractivity contribution in [1.82, 2.24) is 4.90 Å².